The first kappa shape index (κ1) is 20.5. The van der Waals surface area contributed by atoms with Crippen LogP contribution in [0.1, 0.15) is 44.0 Å². The molecular formula is C19H26N2O6. The number of hydrogen-bond donors (Lipinski definition) is 2. The van der Waals surface area contributed by atoms with E-state index >= 15 is 0 Å². The van der Waals surface area contributed by atoms with E-state index in [2.05, 4.69) is 5.32 Å². The Balaban J connectivity index is 2.15. The van der Waals surface area contributed by atoms with E-state index in [9.17, 15) is 19.5 Å². The molecule has 1 aliphatic carbocycles. The van der Waals surface area contributed by atoms with Gasteiger partial charge in [-0.15, -0.1) is 0 Å². The summed E-state index contributed by atoms with van der Waals surface area (Å²) < 4.78 is 10.7. The van der Waals surface area contributed by atoms with Crippen molar-refractivity contribution in [3.05, 3.63) is 23.8 Å². The Kier molecular flexibility index (Phi) is 6.65. The molecular weight excluding hydrogens is 352 g/mol. The predicted molar refractivity (Wildman–Crippen MR) is 98.1 cm³/mol. The molecule has 0 radical (unpaired) electrons. The number of nitrogens with one attached hydrogen (secondary N) is 1. The minimum absolute atomic E-state index is 0.00706. The van der Waals surface area contributed by atoms with Gasteiger partial charge in [0.2, 0.25) is 0 Å². The zero-order valence-corrected chi connectivity index (χ0v) is 16.0. The van der Waals surface area contributed by atoms with Gasteiger partial charge in [0.25, 0.3) is 11.8 Å². The van der Waals surface area contributed by atoms with E-state index in [4.69, 9.17) is 9.47 Å². The molecule has 27 heavy (non-hydrogen) atoms. The number of benzene rings is 1. The number of carboxylic acid groups (broad SMARTS) is 1. The summed E-state index contributed by atoms with van der Waals surface area (Å²) in [6, 6.07) is 3.64. The Morgan fingerprint density at radius 2 is 1.89 bits per heavy atom. The molecule has 0 aliphatic heterocycles. The summed E-state index contributed by atoms with van der Waals surface area (Å²) in [4.78, 5) is 37.3. The lowest BCUT2D eigenvalue weighted by molar-refractivity contribution is -0.141. The van der Waals surface area contributed by atoms with Crippen LogP contribution in [0.4, 0.5) is 0 Å². The van der Waals surface area contributed by atoms with Crippen LogP contribution in [0, 0.1) is 0 Å². The van der Waals surface area contributed by atoms with Crippen LogP contribution in [0.3, 0.4) is 0 Å². The van der Waals surface area contributed by atoms with Gasteiger partial charge >= 0.3 is 5.97 Å². The molecule has 0 aromatic heterocycles. The second-order valence-corrected chi connectivity index (χ2v) is 6.83. The predicted octanol–water partition coefficient (Wildman–Crippen LogP) is 1.68. The largest absolute Gasteiger partial charge is 0.493 e. The number of nitrogens with zero attached hydrogens (tertiary/aromatic N) is 1. The standard InChI is InChI=1S/C19H26N2O6/c1-11(2)20-17(22)10-27-15-8-5-13(9-16(15)26-4)18(23)21(14-6-7-14)12(3)19(24)25/h5,8-9,11-12,14H,6-7,10H2,1-4H3,(H,20,22)(H,24,25). The number of rotatable bonds is 9. The van der Waals surface area contributed by atoms with E-state index in [1.165, 1.54) is 25.0 Å². The van der Waals surface area contributed by atoms with Gasteiger partial charge in [0.05, 0.1) is 7.11 Å². The van der Waals surface area contributed by atoms with E-state index in [1.807, 2.05) is 13.8 Å². The monoisotopic (exact) mass is 378 g/mol. The fourth-order valence-electron chi connectivity index (χ4n) is 2.71. The van der Waals surface area contributed by atoms with Crippen molar-refractivity contribution in [1.82, 2.24) is 10.2 Å². The Morgan fingerprint density at radius 1 is 1.22 bits per heavy atom. The van der Waals surface area contributed by atoms with Crippen LogP contribution >= 0.6 is 0 Å². The molecule has 2 amide bonds. The Bertz CT molecular complexity index is 714. The van der Waals surface area contributed by atoms with Gasteiger partial charge in [-0.1, -0.05) is 0 Å². The molecule has 0 heterocycles. The van der Waals surface area contributed by atoms with E-state index in [1.54, 1.807) is 12.1 Å². The molecule has 8 nitrogen and oxygen atoms in total. The number of carbonyl (C=O) groups excluding carboxylic acids is 2. The smallest absolute Gasteiger partial charge is 0.326 e. The van der Waals surface area contributed by atoms with E-state index in [-0.39, 0.29) is 30.5 Å². The van der Waals surface area contributed by atoms with Crippen LogP contribution in [-0.4, -0.2) is 59.6 Å². The maximum Gasteiger partial charge on any atom is 0.326 e. The van der Waals surface area contributed by atoms with Crippen LogP contribution in [-0.2, 0) is 9.59 Å². The van der Waals surface area contributed by atoms with Crippen LogP contribution in [0.5, 0.6) is 11.5 Å². The molecule has 0 spiro atoms. The van der Waals surface area contributed by atoms with E-state index < -0.39 is 12.0 Å². The number of amides is 2. The molecule has 148 valence electrons. The third-order valence-electron chi connectivity index (χ3n) is 4.17. The molecule has 1 aromatic carbocycles. The highest BCUT2D eigenvalue weighted by Crippen LogP contribution is 2.33. The number of ether oxygens (including phenoxy) is 2. The zero-order chi connectivity index (χ0) is 20.1. The zero-order valence-electron chi connectivity index (χ0n) is 16.0. The van der Waals surface area contributed by atoms with Gasteiger partial charge in [0, 0.05) is 17.6 Å². The summed E-state index contributed by atoms with van der Waals surface area (Å²) in [5.74, 6) is -1.04. The minimum atomic E-state index is -1.04. The normalized spacial score (nSPS) is 14.4. The lowest BCUT2D eigenvalue weighted by atomic mass is 10.1. The second kappa shape index (κ2) is 8.75. The lowest BCUT2D eigenvalue weighted by Crippen LogP contribution is -2.44. The average Bonchev–Trinajstić information content (AvgIpc) is 3.44. The quantitative estimate of drug-likeness (QED) is 0.677. The number of carboxylic acids is 1. The summed E-state index contributed by atoms with van der Waals surface area (Å²) in [6.07, 6.45) is 1.60. The van der Waals surface area contributed by atoms with Crippen molar-refractivity contribution in [3.63, 3.8) is 0 Å². The molecule has 8 heteroatoms. The van der Waals surface area contributed by atoms with Gasteiger partial charge < -0.3 is 24.8 Å². The summed E-state index contributed by atoms with van der Waals surface area (Å²) in [6.45, 7) is 5.03. The van der Waals surface area contributed by atoms with Crippen molar-refractivity contribution in [1.29, 1.82) is 0 Å². The summed E-state index contributed by atoms with van der Waals surface area (Å²) in [5, 5.41) is 12.0. The van der Waals surface area contributed by atoms with Gasteiger partial charge in [0.15, 0.2) is 18.1 Å². The van der Waals surface area contributed by atoms with Gasteiger partial charge in [-0.2, -0.15) is 0 Å². The maximum atomic E-state index is 12.8. The molecule has 1 aromatic rings. The van der Waals surface area contributed by atoms with Crippen LogP contribution in [0.2, 0.25) is 0 Å². The number of aliphatic carboxylic acids is 1. The molecule has 2 N–H and O–H groups in total. The minimum Gasteiger partial charge on any atom is -0.493 e. The first-order valence-electron chi connectivity index (χ1n) is 8.90. The summed E-state index contributed by atoms with van der Waals surface area (Å²) >= 11 is 0. The molecule has 1 aliphatic rings. The molecule has 2 rings (SSSR count). The molecule has 0 bridgehead atoms. The molecule has 1 atom stereocenters. The van der Waals surface area contributed by atoms with Gasteiger partial charge in [0.1, 0.15) is 6.04 Å². The highest BCUT2D eigenvalue weighted by molar-refractivity contribution is 5.97. The first-order valence-corrected chi connectivity index (χ1v) is 8.90. The molecule has 1 fully saturated rings. The summed E-state index contributed by atoms with van der Waals surface area (Å²) in [5.41, 5.74) is 0.311. The van der Waals surface area contributed by atoms with Gasteiger partial charge in [-0.25, -0.2) is 4.79 Å². The van der Waals surface area contributed by atoms with Crippen LogP contribution < -0.4 is 14.8 Å². The molecule has 0 saturated heterocycles. The van der Waals surface area contributed by atoms with E-state index in [0.717, 1.165) is 12.8 Å². The SMILES string of the molecule is COc1cc(C(=O)N(C2CC2)C(C)C(=O)O)ccc1OCC(=O)NC(C)C. The van der Waals surface area contributed by atoms with E-state index in [0.29, 0.717) is 17.1 Å². The van der Waals surface area contributed by atoms with Crippen LogP contribution in [0.15, 0.2) is 18.2 Å². The highest BCUT2D eigenvalue weighted by atomic mass is 16.5. The van der Waals surface area contributed by atoms with Crippen molar-refractivity contribution in [2.75, 3.05) is 13.7 Å². The van der Waals surface area contributed by atoms with Crippen molar-refractivity contribution in [3.8, 4) is 11.5 Å². The summed E-state index contributed by atoms with van der Waals surface area (Å²) in [7, 11) is 1.43. The first-order chi connectivity index (χ1) is 12.7. The molecule has 1 saturated carbocycles. The third-order valence-corrected chi connectivity index (χ3v) is 4.17. The average molecular weight is 378 g/mol. The Hall–Kier alpha value is -2.77. The van der Waals surface area contributed by atoms with Crippen molar-refractivity contribution in [2.24, 2.45) is 0 Å². The van der Waals surface area contributed by atoms with Crippen molar-refractivity contribution < 1.29 is 29.0 Å². The molecule has 1 unspecified atom stereocenters. The van der Waals surface area contributed by atoms with Gasteiger partial charge in [-0.3, -0.25) is 9.59 Å². The Labute approximate surface area is 158 Å². The number of carbonyl (C=O) groups is 3. The van der Waals surface area contributed by atoms with Crippen molar-refractivity contribution in [2.45, 2.75) is 51.7 Å². The van der Waals surface area contributed by atoms with Crippen molar-refractivity contribution >= 4 is 17.8 Å². The number of hydrogen-bond acceptors (Lipinski definition) is 5. The maximum absolute atomic E-state index is 12.8. The third kappa shape index (κ3) is 5.35. The van der Waals surface area contributed by atoms with Gasteiger partial charge in [-0.05, 0) is 51.8 Å². The lowest BCUT2D eigenvalue weighted by Gasteiger charge is -2.26. The topological polar surface area (TPSA) is 105 Å². The fraction of sp³-hybridized carbons (Fsp3) is 0.526. The number of methoxy groups -OCH3 is 1. The fourth-order valence-corrected chi connectivity index (χ4v) is 2.71. The van der Waals surface area contributed by atoms with Crippen LogP contribution in [0.25, 0.3) is 0 Å². The Morgan fingerprint density at radius 3 is 2.41 bits per heavy atom. The second-order valence-electron chi connectivity index (χ2n) is 6.83. The highest BCUT2D eigenvalue weighted by Gasteiger charge is 2.39.